The lowest BCUT2D eigenvalue weighted by Crippen LogP contribution is -2.24. The highest BCUT2D eigenvalue weighted by atomic mass is 19.2. The fourth-order valence-corrected chi connectivity index (χ4v) is 3.45. The van der Waals surface area contributed by atoms with Gasteiger partial charge in [-0.3, -0.25) is 0 Å². The standard InChI is InChI=1S/C22H38F2O3.C2H6/c1-7-8-19-9-11-20(12-10-19)14-27-18(5)26-13-15(2)16(3)21(23)22(24)17(4)25-6;1-2/h15,18-20H,7-14H2,1-6H3;1-2H3/b21-16-,22-17-;. The van der Waals surface area contributed by atoms with E-state index in [-0.39, 0.29) is 24.6 Å². The highest BCUT2D eigenvalue weighted by molar-refractivity contribution is 5.27. The van der Waals surface area contributed by atoms with Crippen molar-refractivity contribution >= 4 is 0 Å². The van der Waals surface area contributed by atoms with Crippen molar-refractivity contribution in [3.8, 4) is 0 Å². The Morgan fingerprint density at radius 2 is 1.48 bits per heavy atom. The number of ether oxygens (including phenoxy) is 3. The molecule has 0 amide bonds. The van der Waals surface area contributed by atoms with Gasteiger partial charge < -0.3 is 14.2 Å². The molecule has 1 aliphatic rings. The van der Waals surface area contributed by atoms with Crippen LogP contribution in [0.4, 0.5) is 8.78 Å². The molecule has 0 aromatic heterocycles. The van der Waals surface area contributed by atoms with E-state index in [2.05, 4.69) is 6.92 Å². The third-order valence-electron chi connectivity index (χ3n) is 5.70. The number of hydrogen-bond acceptors (Lipinski definition) is 3. The summed E-state index contributed by atoms with van der Waals surface area (Å²) in [7, 11) is 1.32. The van der Waals surface area contributed by atoms with E-state index < -0.39 is 11.7 Å². The molecule has 1 fully saturated rings. The number of halogens is 2. The summed E-state index contributed by atoms with van der Waals surface area (Å²) in [5, 5.41) is 0. The molecule has 29 heavy (non-hydrogen) atoms. The van der Waals surface area contributed by atoms with Crippen molar-refractivity contribution < 1.29 is 23.0 Å². The Morgan fingerprint density at radius 1 is 0.931 bits per heavy atom. The van der Waals surface area contributed by atoms with Crippen LogP contribution in [0.3, 0.4) is 0 Å². The highest BCUT2D eigenvalue weighted by Crippen LogP contribution is 2.32. The second kappa shape index (κ2) is 15.8. The van der Waals surface area contributed by atoms with E-state index in [0.717, 1.165) is 5.92 Å². The molecule has 5 heteroatoms. The number of hydrogen-bond donors (Lipinski definition) is 0. The molecule has 0 heterocycles. The smallest absolute Gasteiger partial charge is 0.195 e. The maximum absolute atomic E-state index is 14.2. The quantitative estimate of drug-likeness (QED) is 0.195. The molecule has 3 nitrogen and oxygen atoms in total. The van der Waals surface area contributed by atoms with Crippen LogP contribution in [0.15, 0.2) is 23.0 Å². The molecule has 1 rings (SSSR count). The van der Waals surface area contributed by atoms with Gasteiger partial charge in [0.15, 0.2) is 17.9 Å². The minimum atomic E-state index is -0.954. The molecule has 0 spiro atoms. The molecular weight excluding hydrogens is 374 g/mol. The van der Waals surface area contributed by atoms with Crippen LogP contribution in [0, 0.1) is 17.8 Å². The van der Waals surface area contributed by atoms with Crippen molar-refractivity contribution in [2.24, 2.45) is 17.8 Å². The van der Waals surface area contributed by atoms with Crippen LogP contribution >= 0.6 is 0 Å². The van der Waals surface area contributed by atoms with Crippen LogP contribution in [0.1, 0.15) is 87.0 Å². The van der Waals surface area contributed by atoms with Gasteiger partial charge in [0.05, 0.1) is 20.3 Å². The lowest BCUT2D eigenvalue weighted by molar-refractivity contribution is -0.145. The fourth-order valence-electron chi connectivity index (χ4n) is 3.45. The molecule has 1 aliphatic carbocycles. The summed E-state index contributed by atoms with van der Waals surface area (Å²) in [6.45, 7) is 13.9. The predicted octanol–water partition coefficient (Wildman–Crippen LogP) is 7.73. The van der Waals surface area contributed by atoms with E-state index in [4.69, 9.17) is 14.2 Å². The molecule has 0 aromatic rings. The largest absolute Gasteiger partial charge is 0.498 e. The Kier molecular flexibility index (Phi) is 15.3. The van der Waals surface area contributed by atoms with Gasteiger partial charge in [0.1, 0.15) is 5.76 Å². The van der Waals surface area contributed by atoms with Gasteiger partial charge in [-0.05, 0) is 51.0 Å². The lowest BCUT2D eigenvalue weighted by Gasteiger charge is -2.29. The first kappa shape index (κ1) is 28.1. The molecule has 2 unspecified atom stereocenters. The Hall–Kier alpha value is -0.940. The zero-order chi connectivity index (χ0) is 22.4. The summed E-state index contributed by atoms with van der Waals surface area (Å²) < 4.78 is 44.3. The zero-order valence-electron chi connectivity index (χ0n) is 19.9. The number of rotatable bonds is 11. The van der Waals surface area contributed by atoms with E-state index in [1.165, 1.54) is 52.6 Å². The van der Waals surface area contributed by atoms with Crippen molar-refractivity contribution in [3.63, 3.8) is 0 Å². The third kappa shape index (κ3) is 10.6. The van der Waals surface area contributed by atoms with E-state index in [9.17, 15) is 8.78 Å². The molecule has 0 aliphatic heterocycles. The lowest BCUT2D eigenvalue weighted by atomic mass is 9.80. The average molecular weight is 419 g/mol. The average Bonchev–Trinajstić information content (AvgIpc) is 2.76. The van der Waals surface area contributed by atoms with Gasteiger partial charge in [-0.25, -0.2) is 8.78 Å². The summed E-state index contributed by atoms with van der Waals surface area (Å²) in [5.74, 6) is -0.646. The first-order valence-corrected chi connectivity index (χ1v) is 11.3. The molecule has 0 radical (unpaired) electrons. The van der Waals surface area contributed by atoms with Crippen molar-refractivity contribution in [1.29, 1.82) is 0 Å². The summed E-state index contributed by atoms with van der Waals surface area (Å²) in [4.78, 5) is 0. The molecule has 0 saturated heterocycles. The van der Waals surface area contributed by atoms with Crippen molar-refractivity contribution in [2.75, 3.05) is 20.3 Å². The Labute approximate surface area is 177 Å². The van der Waals surface area contributed by atoms with Crippen molar-refractivity contribution in [2.45, 2.75) is 93.3 Å². The zero-order valence-corrected chi connectivity index (χ0v) is 19.9. The molecule has 2 atom stereocenters. The second-order valence-corrected chi connectivity index (χ2v) is 7.88. The summed E-state index contributed by atoms with van der Waals surface area (Å²) in [5.41, 5.74) is 0.311. The topological polar surface area (TPSA) is 27.7 Å². The van der Waals surface area contributed by atoms with Gasteiger partial charge in [-0.15, -0.1) is 0 Å². The minimum Gasteiger partial charge on any atom is -0.498 e. The third-order valence-corrected chi connectivity index (χ3v) is 5.70. The van der Waals surface area contributed by atoms with Crippen LogP contribution in [-0.4, -0.2) is 26.6 Å². The minimum absolute atomic E-state index is 0.0645. The Balaban J connectivity index is 0.00000379. The maximum atomic E-state index is 14.2. The summed E-state index contributed by atoms with van der Waals surface area (Å²) >= 11 is 0. The van der Waals surface area contributed by atoms with Gasteiger partial charge in [0.2, 0.25) is 0 Å². The predicted molar refractivity (Wildman–Crippen MR) is 117 cm³/mol. The highest BCUT2D eigenvalue weighted by Gasteiger charge is 2.22. The van der Waals surface area contributed by atoms with Crippen molar-refractivity contribution in [3.05, 3.63) is 23.0 Å². The first-order valence-electron chi connectivity index (χ1n) is 11.3. The van der Waals surface area contributed by atoms with E-state index in [1.807, 2.05) is 27.7 Å². The van der Waals surface area contributed by atoms with E-state index in [0.29, 0.717) is 18.1 Å². The number of methoxy groups -OCH3 is 1. The Bertz CT molecular complexity index is 494. The van der Waals surface area contributed by atoms with Crippen LogP contribution in [0.5, 0.6) is 0 Å². The SMILES string of the molecule is CC.CCCC1CCC(COC(C)OCC(C)/C(C)=C(F)/C(F)=C(\C)OC)CC1. The summed E-state index contributed by atoms with van der Waals surface area (Å²) in [6, 6.07) is 0. The van der Waals surface area contributed by atoms with Crippen LogP contribution in [-0.2, 0) is 14.2 Å². The molecule has 0 N–H and O–H groups in total. The van der Waals surface area contributed by atoms with Crippen molar-refractivity contribution in [1.82, 2.24) is 0 Å². The van der Waals surface area contributed by atoms with Gasteiger partial charge >= 0.3 is 0 Å². The molecule has 1 saturated carbocycles. The molecular formula is C24H44F2O3. The molecule has 0 bridgehead atoms. The Morgan fingerprint density at radius 3 is 2.00 bits per heavy atom. The van der Waals surface area contributed by atoms with Crippen LogP contribution < -0.4 is 0 Å². The summed E-state index contributed by atoms with van der Waals surface area (Å²) in [6.07, 6.45) is 7.32. The fraction of sp³-hybridized carbons (Fsp3) is 0.833. The maximum Gasteiger partial charge on any atom is 0.195 e. The van der Waals surface area contributed by atoms with E-state index in [1.54, 1.807) is 6.92 Å². The van der Waals surface area contributed by atoms with Gasteiger partial charge in [-0.1, -0.05) is 53.4 Å². The first-order chi connectivity index (χ1) is 13.8. The normalized spacial score (nSPS) is 23.2. The van der Waals surface area contributed by atoms with E-state index >= 15 is 0 Å². The van der Waals surface area contributed by atoms with Crippen LogP contribution in [0.25, 0.3) is 0 Å². The van der Waals surface area contributed by atoms with Gasteiger partial charge in [-0.2, -0.15) is 0 Å². The number of allylic oxidation sites excluding steroid dienone is 3. The molecule has 0 aromatic carbocycles. The van der Waals surface area contributed by atoms with Crippen LogP contribution in [0.2, 0.25) is 0 Å². The van der Waals surface area contributed by atoms with Gasteiger partial charge in [0.25, 0.3) is 0 Å². The monoisotopic (exact) mass is 418 g/mol. The second-order valence-electron chi connectivity index (χ2n) is 7.88. The molecule has 172 valence electrons. The van der Waals surface area contributed by atoms with Gasteiger partial charge in [0, 0.05) is 5.92 Å².